The molecule has 0 saturated carbocycles. The Labute approximate surface area is 228 Å². The fourth-order valence-corrected chi connectivity index (χ4v) is 5.14. The highest BCUT2D eigenvalue weighted by molar-refractivity contribution is 8.27. The van der Waals surface area contributed by atoms with Gasteiger partial charge in [-0.05, 0) is 48.0 Å². The zero-order valence-electron chi connectivity index (χ0n) is 20.4. The quantitative estimate of drug-likeness (QED) is 0.312. The molecule has 2 heterocycles. The molecule has 0 unspecified atom stereocenters. The molecule has 0 bridgehead atoms. The summed E-state index contributed by atoms with van der Waals surface area (Å²) in [5.41, 5.74) is 1.86. The van der Waals surface area contributed by atoms with Gasteiger partial charge in [0.15, 0.2) is 33.9 Å². The lowest BCUT2D eigenvalue weighted by Gasteiger charge is -2.15. The lowest BCUT2D eigenvalue weighted by atomic mass is 10.1. The van der Waals surface area contributed by atoms with Crippen molar-refractivity contribution < 1.29 is 33.3 Å². The third kappa shape index (κ3) is 5.24. The number of ether oxygens (including phenoxy) is 5. The number of thiocarbonyl (C=S) groups is 1. The molecular weight excluding hydrogens is 528 g/mol. The number of fused-ring (bicyclic) bond motifs is 1. The van der Waals surface area contributed by atoms with Crippen LogP contribution in [0.4, 0.5) is 11.4 Å². The first-order valence-electron chi connectivity index (χ1n) is 11.4. The van der Waals surface area contributed by atoms with Crippen molar-refractivity contribution in [1.29, 1.82) is 0 Å². The third-order valence-corrected chi connectivity index (χ3v) is 6.94. The van der Waals surface area contributed by atoms with Crippen LogP contribution in [0.5, 0.6) is 28.7 Å². The van der Waals surface area contributed by atoms with Gasteiger partial charge >= 0.3 is 0 Å². The Bertz CT molecular complexity index is 1460. The highest BCUT2D eigenvalue weighted by Gasteiger charge is 2.34. The Morgan fingerprint density at radius 2 is 1.82 bits per heavy atom. The number of nitrogens with zero attached hydrogens (tertiary/aromatic N) is 1. The molecule has 0 radical (unpaired) electrons. The number of benzene rings is 3. The molecule has 1 fully saturated rings. The second-order valence-electron chi connectivity index (χ2n) is 8.00. The summed E-state index contributed by atoms with van der Waals surface area (Å²) in [4.78, 5) is 27.5. The van der Waals surface area contributed by atoms with E-state index >= 15 is 0 Å². The molecule has 9 nitrogen and oxygen atoms in total. The first kappa shape index (κ1) is 25.4. The molecule has 194 valence electrons. The van der Waals surface area contributed by atoms with Crippen molar-refractivity contribution in [3.05, 3.63) is 71.1 Å². The zero-order valence-corrected chi connectivity index (χ0v) is 22.0. The van der Waals surface area contributed by atoms with Crippen LogP contribution in [-0.4, -0.2) is 43.8 Å². The van der Waals surface area contributed by atoms with Gasteiger partial charge in [-0.1, -0.05) is 42.2 Å². The molecule has 38 heavy (non-hydrogen) atoms. The summed E-state index contributed by atoms with van der Waals surface area (Å²) >= 11 is 6.68. The van der Waals surface area contributed by atoms with Crippen LogP contribution >= 0.6 is 24.0 Å². The van der Waals surface area contributed by atoms with Crippen LogP contribution in [0.3, 0.4) is 0 Å². The zero-order chi connectivity index (χ0) is 26.6. The number of rotatable bonds is 8. The van der Waals surface area contributed by atoms with Crippen LogP contribution in [-0.2, 0) is 9.59 Å². The topological polar surface area (TPSA) is 95.6 Å². The maximum absolute atomic E-state index is 13.2. The third-order valence-electron chi connectivity index (χ3n) is 5.63. The van der Waals surface area contributed by atoms with E-state index in [9.17, 15) is 9.59 Å². The average molecular weight is 551 g/mol. The largest absolute Gasteiger partial charge is 0.495 e. The van der Waals surface area contributed by atoms with Crippen LogP contribution in [0, 0.1) is 0 Å². The number of hydrogen-bond donors (Lipinski definition) is 1. The van der Waals surface area contributed by atoms with Gasteiger partial charge in [0.1, 0.15) is 5.75 Å². The van der Waals surface area contributed by atoms with Gasteiger partial charge in [-0.2, -0.15) is 0 Å². The molecule has 2 amide bonds. The Balaban J connectivity index is 1.27. The normalized spacial score (nSPS) is 15.1. The highest BCUT2D eigenvalue weighted by Crippen LogP contribution is 2.41. The highest BCUT2D eigenvalue weighted by atomic mass is 32.2. The second kappa shape index (κ2) is 11.0. The Hall–Kier alpha value is -4.22. The monoisotopic (exact) mass is 550 g/mol. The van der Waals surface area contributed by atoms with Crippen molar-refractivity contribution in [2.24, 2.45) is 0 Å². The van der Waals surface area contributed by atoms with Gasteiger partial charge in [0.2, 0.25) is 6.79 Å². The van der Waals surface area contributed by atoms with Crippen molar-refractivity contribution in [1.82, 2.24) is 0 Å². The van der Waals surface area contributed by atoms with Crippen molar-refractivity contribution in [3.8, 4) is 28.7 Å². The molecule has 0 aromatic heterocycles. The van der Waals surface area contributed by atoms with Crippen LogP contribution in [0.25, 0.3) is 6.08 Å². The molecule has 11 heteroatoms. The van der Waals surface area contributed by atoms with Gasteiger partial charge < -0.3 is 29.0 Å². The molecule has 0 spiro atoms. The summed E-state index contributed by atoms with van der Waals surface area (Å²) in [6.07, 6.45) is 1.73. The van der Waals surface area contributed by atoms with E-state index in [1.807, 2.05) is 6.07 Å². The van der Waals surface area contributed by atoms with Crippen LogP contribution < -0.4 is 33.9 Å². The lowest BCUT2D eigenvalue weighted by molar-refractivity contribution is -0.118. The predicted molar refractivity (Wildman–Crippen MR) is 148 cm³/mol. The molecule has 3 aromatic rings. The number of carbonyl (C=O) groups is 2. The number of amides is 2. The molecule has 1 N–H and O–H groups in total. The number of hydrogen-bond acceptors (Lipinski definition) is 9. The molecular formula is C27H22N2O7S2. The predicted octanol–water partition coefficient (Wildman–Crippen LogP) is 4.86. The molecule has 2 aliphatic heterocycles. The summed E-state index contributed by atoms with van der Waals surface area (Å²) in [5, 5.41) is 2.76. The smallest absolute Gasteiger partial charge is 0.270 e. The number of nitrogens with one attached hydrogen (secondary N) is 1. The maximum atomic E-state index is 13.2. The lowest BCUT2D eigenvalue weighted by Crippen LogP contribution is -2.27. The molecule has 0 aliphatic carbocycles. The minimum atomic E-state index is -0.354. The summed E-state index contributed by atoms with van der Waals surface area (Å²) in [6.45, 7) is -0.0903. The maximum Gasteiger partial charge on any atom is 0.270 e. The van der Waals surface area contributed by atoms with E-state index in [-0.39, 0.29) is 25.2 Å². The van der Waals surface area contributed by atoms with Gasteiger partial charge in [0, 0.05) is 6.07 Å². The van der Waals surface area contributed by atoms with E-state index in [4.69, 9.17) is 35.9 Å². The summed E-state index contributed by atoms with van der Waals surface area (Å²) < 4.78 is 27.6. The summed E-state index contributed by atoms with van der Waals surface area (Å²) in [7, 11) is 3.03. The minimum Gasteiger partial charge on any atom is -0.495 e. The standard InChI is InChI=1S/C27H22N2O7S2/c1-32-19-6-4-3-5-18(19)28-25(30)14-34-20-9-7-16(11-22(20)33-2)12-24-26(31)29(27(37)38-24)17-8-10-21-23(13-17)36-15-35-21/h3-13H,14-15H2,1-2H3,(H,28,30)/b24-12-. The second-order valence-corrected chi connectivity index (χ2v) is 9.68. The molecule has 0 atom stereocenters. The van der Waals surface area contributed by atoms with E-state index < -0.39 is 0 Å². The van der Waals surface area contributed by atoms with E-state index in [2.05, 4.69) is 5.32 Å². The Morgan fingerprint density at radius 1 is 1.03 bits per heavy atom. The summed E-state index contributed by atoms with van der Waals surface area (Å²) in [5.74, 6) is 1.94. The van der Waals surface area contributed by atoms with Crippen LogP contribution in [0.15, 0.2) is 65.6 Å². The van der Waals surface area contributed by atoms with Crippen molar-refractivity contribution in [2.45, 2.75) is 0 Å². The van der Waals surface area contributed by atoms with Crippen molar-refractivity contribution in [2.75, 3.05) is 37.8 Å². The summed E-state index contributed by atoms with van der Waals surface area (Å²) in [6, 6.07) is 17.5. The van der Waals surface area contributed by atoms with Gasteiger partial charge in [0.05, 0.1) is 30.5 Å². The molecule has 1 saturated heterocycles. The molecule has 5 rings (SSSR count). The van der Waals surface area contributed by atoms with E-state index in [1.165, 1.54) is 30.9 Å². The first-order valence-corrected chi connectivity index (χ1v) is 12.6. The van der Waals surface area contributed by atoms with Gasteiger partial charge in [0.25, 0.3) is 11.8 Å². The van der Waals surface area contributed by atoms with Crippen LogP contribution in [0.2, 0.25) is 0 Å². The van der Waals surface area contributed by atoms with Crippen molar-refractivity contribution in [3.63, 3.8) is 0 Å². The Morgan fingerprint density at radius 3 is 2.63 bits per heavy atom. The van der Waals surface area contributed by atoms with Crippen LogP contribution in [0.1, 0.15) is 5.56 Å². The van der Waals surface area contributed by atoms with Gasteiger partial charge in [-0.3, -0.25) is 14.5 Å². The van der Waals surface area contributed by atoms with E-state index in [0.29, 0.717) is 54.9 Å². The SMILES string of the molecule is COc1ccccc1NC(=O)COc1ccc(/C=C2\SC(=S)N(c3ccc4c(c3)OCO4)C2=O)cc1OC. The average Bonchev–Trinajstić information content (AvgIpc) is 3.50. The fraction of sp³-hybridized carbons (Fsp3) is 0.148. The number of para-hydroxylation sites is 2. The van der Waals surface area contributed by atoms with E-state index in [0.717, 1.165) is 0 Å². The fourth-order valence-electron chi connectivity index (χ4n) is 3.84. The van der Waals surface area contributed by atoms with Gasteiger partial charge in [-0.25, -0.2) is 0 Å². The number of thioether (sulfide) groups is 1. The number of carbonyl (C=O) groups excluding carboxylic acids is 2. The molecule has 2 aliphatic rings. The molecule has 3 aromatic carbocycles. The minimum absolute atomic E-state index is 0.144. The Kier molecular flexibility index (Phi) is 7.38. The van der Waals surface area contributed by atoms with Crippen molar-refractivity contribution >= 4 is 57.6 Å². The first-order chi connectivity index (χ1) is 18.5. The number of methoxy groups -OCH3 is 2. The number of anilines is 2. The van der Waals surface area contributed by atoms with E-state index in [1.54, 1.807) is 60.7 Å². The van der Waals surface area contributed by atoms with Gasteiger partial charge in [-0.15, -0.1) is 0 Å².